The van der Waals surface area contributed by atoms with Gasteiger partial charge in [-0.15, -0.1) is 0 Å². The van der Waals surface area contributed by atoms with E-state index in [1.165, 1.54) is 0 Å². The molecule has 0 amide bonds. The van der Waals surface area contributed by atoms with Crippen LogP contribution in [0.3, 0.4) is 0 Å². The molecule has 0 radical (unpaired) electrons. The third-order valence-electron chi connectivity index (χ3n) is 0.254. The second-order valence-corrected chi connectivity index (χ2v) is 2.88. The Hall–Kier alpha value is -0.200. The predicted octanol–water partition coefficient (Wildman–Crippen LogP) is -0.882. The maximum Gasteiger partial charge on any atom is 0.320 e. The first-order valence-electron chi connectivity index (χ1n) is 1.21. The molecule has 0 rings (SSSR count). The quantitative estimate of drug-likeness (QED) is 0.338. The van der Waals surface area contributed by atoms with Crippen molar-refractivity contribution in [3.63, 3.8) is 0 Å². The fourth-order valence-electron chi connectivity index (χ4n) is 0. The van der Waals surface area contributed by atoms with Gasteiger partial charge in [0.25, 0.3) is 0 Å². The third kappa shape index (κ3) is 2.49. The minimum absolute atomic E-state index is 0.896. The van der Waals surface area contributed by atoms with E-state index in [1.807, 2.05) is 0 Å². The van der Waals surface area contributed by atoms with E-state index in [9.17, 15) is 8.42 Å². The highest BCUT2D eigenvalue weighted by Crippen LogP contribution is 1.77. The molecule has 3 N–H and O–H groups in total. The normalized spacial score (nSPS) is 11.0. The molecule has 7 heavy (non-hydrogen) atoms. The fourth-order valence-corrected chi connectivity index (χ4v) is 0. The molecule has 0 aliphatic heterocycles. The molecular weight excluding hydrogens is 138 g/mol. The Balaban J connectivity index is 4.43. The van der Waals surface area contributed by atoms with Crippen molar-refractivity contribution >= 4 is 26.7 Å². The van der Waals surface area contributed by atoms with Crippen molar-refractivity contribution in [1.82, 2.24) is 0 Å². The lowest BCUT2D eigenvalue weighted by Crippen LogP contribution is -2.19. The van der Waals surface area contributed by atoms with Crippen molar-refractivity contribution in [3.05, 3.63) is 0 Å². The summed E-state index contributed by atoms with van der Waals surface area (Å²) in [4.78, 5) is 0. The molecule has 0 saturated heterocycles. The van der Waals surface area contributed by atoms with Crippen molar-refractivity contribution in [1.29, 1.82) is 0 Å². The summed E-state index contributed by atoms with van der Waals surface area (Å²) < 4.78 is 26.1. The molecule has 0 aromatic heterocycles. The summed E-state index contributed by atoms with van der Waals surface area (Å²) >= 11 is 3.87. The molecule has 0 aliphatic rings. The standard InChI is InChI=1S/CH3NO3S2/c2-1(6)7(3,4)5/h(H2,2,6)(H,3,4,5). The average molecular weight is 141 g/mol. The Labute approximate surface area is 46.1 Å². The van der Waals surface area contributed by atoms with Gasteiger partial charge in [-0.05, 0) is 12.2 Å². The number of nitrogens with two attached hydrogens (primary N) is 1. The molecule has 0 spiro atoms. The summed E-state index contributed by atoms with van der Waals surface area (Å²) in [5, 5.41) is 0. The molecule has 4 nitrogen and oxygen atoms in total. The van der Waals surface area contributed by atoms with E-state index in [4.69, 9.17) is 4.55 Å². The van der Waals surface area contributed by atoms with Gasteiger partial charge in [0.05, 0.1) is 0 Å². The van der Waals surface area contributed by atoms with Crippen molar-refractivity contribution in [3.8, 4) is 0 Å². The van der Waals surface area contributed by atoms with Gasteiger partial charge in [0, 0.05) is 0 Å². The molecule has 0 aliphatic carbocycles. The van der Waals surface area contributed by atoms with Crippen molar-refractivity contribution in [2.45, 2.75) is 0 Å². The molecule has 42 valence electrons. The molecule has 0 unspecified atom stereocenters. The predicted molar refractivity (Wildman–Crippen MR) is 28.3 cm³/mol. The summed E-state index contributed by atoms with van der Waals surface area (Å²) in [5.74, 6) is 0. The Morgan fingerprint density at radius 1 is 1.71 bits per heavy atom. The Morgan fingerprint density at radius 2 is 1.86 bits per heavy atom. The molecule has 6 heteroatoms. The van der Waals surface area contributed by atoms with Crippen LogP contribution in [0.2, 0.25) is 0 Å². The van der Waals surface area contributed by atoms with Crippen LogP contribution in [-0.2, 0) is 10.1 Å². The van der Waals surface area contributed by atoms with Gasteiger partial charge < -0.3 is 5.73 Å². The Kier molecular flexibility index (Phi) is 1.68. The van der Waals surface area contributed by atoms with Crippen molar-refractivity contribution < 1.29 is 13.0 Å². The second-order valence-electron chi connectivity index (χ2n) is 0.794. The van der Waals surface area contributed by atoms with Crippen LogP contribution in [0.5, 0.6) is 0 Å². The van der Waals surface area contributed by atoms with Gasteiger partial charge in [0.2, 0.25) is 4.32 Å². The van der Waals surface area contributed by atoms with Crippen LogP contribution < -0.4 is 5.73 Å². The van der Waals surface area contributed by atoms with E-state index < -0.39 is 14.4 Å². The van der Waals surface area contributed by atoms with Crippen molar-refractivity contribution in [2.24, 2.45) is 5.73 Å². The van der Waals surface area contributed by atoms with Gasteiger partial charge >= 0.3 is 10.1 Å². The highest BCUT2D eigenvalue weighted by atomic mass is 32.2. The monoisotopic (exact) mass is 141 g/mol. The molecule has 0 saturated carbocycles. The van der Waals surface area contributed by atoms with Gasteiger partial charge in [-0.3, -0.25) is 4.55 Å². The number of thiocarbonyl (C=S) groups is 1. The van der Waals surface area contributed by atoms with Gasteiger partial charge in [-0.2, -0.15) is 8.42 Å². The Bertz CT molecular complexity index is 167. The number of hydrogen-bond acceptors (Lipinski definition) is 3. The van der Waals surface area contributed by atoms with Crippen molar-refractivity contribution in [2.75, 3.05) is 0 Å². The molecule has 0 aromatic carbocycles. The van der Waals surface area contributed by atoms with E-state index >= 15 is 0 Å². The molecule has 0 atom stereocenters. The smallest absolute Gasteiger partial charge is 0.320 e. The largest absolute Gasteiger partial charge is 0.379 e. The molecule has 0 bridgehead atoms. The summed E-state index contributed by atoms with van der Waals surface area (Å²) in [7, 11) is -4.23. The molecule has 0 heterocycles. The minimum atomic E-state index is -4.23. The van der Waals surface area contributed by atoms with Crippen LogP contribution in [0.4, 0.5) is 0 Å². The van der Waals surface area contributed by atoms with E-state index in [0.29, 0.717) is 0 Å². The zero-order valence-electron chi connectivity index (χ0n) is 3.16. The van der Waals surface area contributed by atoms with Crippen LogP contribution in [0.25, 0.3) is 0 Å². The first-order chi connectivity index (χ1) is 2.94. The Morgan fingerprint density at radius 3 is 1.86 bits per heavy atom. The van der Waals surface area contributed by atoms with Gasteiger partial charge in [0.1, 0.15) is 0 Å². The first-order valence-corrected chi connectivity index (χ1v) is 3.06. The topological polar surface area (TPSA) is 80.4 Å². The zero-order valence-corrected chi connectivity index (χ0v) is 4.79. The highest BCUT2D eigenvalue weighted by molar-refractivity contribution is 8.13. The first kappa shape index (κ1) is 6.80. The molecule has 0 aromatic rings. The summed E-state index contributed by atoms with van der Waals surface area (Å²) in [6.07, 6.45) is 0. The zero-order chi connectivity index (χ0) is 6.08. The number of hydrogen-bond donors (Lipinski definition) is 2. The van der Waals surface area contributed by atoms with Crippen LogP contribution in [0.15, 0.2) is 0 Å². The summed E-state index contributed by atoms with van der Waals surface area (Å²) in [6.45, 7) is 0. The molecule has 0 fully saturated rings. The van der Waals surface area contributed by atoms with Crippen LogP contribution in [-0.4, -0.2) is 17.3 Å². The number of rotatable bonds is 0. The molecular formula is CH3NO3S2. The van der Waals surface area contributed by atoms with E-state index in [1.54, 1.807) is 0 Å². The lowest BCUT2D eigenvalue weighted by Gasteiger charge is -1.84. The minimum Gasteiger partial charge on any atom is -0.379 e. The van der Waals surface area contributed by atoms with Gasteiger partial charge in [-0.1, -0.05) is 0 Å². The van der Waals surface area contributed by atoms with Gasteiger partial charge in [-0.25, -0.2) is 0 Å². The van der Waals surface area contributed by atoms with Gasteiger partial charge in [0.15, 0.2) is 0 Å². The highest BCUT2D eigenvalue weighted by Gasteiger charge is 2.05. The van der Waals surface area contributed by atoms with Crippen LogP contribution in [0.1, 0.15) is 0 Å². The van der Waals surface area contributed by atoms with E-state index in [2.05, 4.69) is 18.0 Å². The van der Waals surface area contributed by atoms with Crippen LogP contribution in [0, 0.1) is 0 Å². The maximum atomic E-state index is 9.62. The SMILES string of the molecule is NC(=S)S(=O)(=O)O. The maximum absolute atomic E-state index is 9.62. The lowest BCUT2D eigenvalue weighted by atomic mass is 11.5. The lowest BCUT2D eigenvalue weighted by molar-refractivity contribution is 0.498. The van der Waals surface area contributed by atoms with E-state index in [0.717, 1.165) is 0 Å². The fraction of sp³-hybridized carbons (Fsp3) is 0. The average Bonchev–Trinajstić information content (AvgIpc) is 1.31. The summed E-state index contributed by atoms with van der Waals surface area (Å²) in [5.41, 5.74) is 4.46. The van der Waals surface area contributed by atoms with Crippen LogP contribution >= 0.6 is 12.2 Å². The second kappa shape index (κ2) is 1.73. The summed E-state index contributed by atoms with van der Waals surface area (Å²) in [6, 6.07) is 0. The van der Waals surface area contributed by atoms with E-state index in [-0.39, 0.29) is 0 Å². The third-order valence-corrected chi connectivity index (χ3v) is 1.39.